The summed E-state index contributed by atoms with van der Waals surface area (Å²) in [6.45, 7) is 7.71. The molecule has 1 rings (SSSR count). The molecular weight excluding hydrogens is 230 g/mol. The predicted octanol–water partition coefficient (Wildman–Crippen LogP) is 2.83. The van der Waals surface area contributed by atoms with E-state index >= 15 is 0 Å². The van der Waals surface area contributed by atoms with Gasteiger partial charge in [-0.1, -0.05) is 6.07 Å². The second-order valence-electron chi connectivity index (χ2n) is 5.20. The van der Waals surface area contributed by atoms with Crippen LogP contribution in [0.5, 0.6) is 5.75 Å². The molecule has 2 N–H and O–H groups in total. The third-order valence-electron chi connectivity index (χ3n) is 2.95. The van der Waals surface area contributed by atoms with Crippen molar-refractivity contribution >= 4 is 11.7 Å². The Labute approximate surface area is 108 Å². The van der Waals surface area contributed by atoms with Gasteiger partial charge in [0.15, 0.2) is 0 Å². The summed E-state index contributed by atoms with van der Waals surface area (Å²) in [5, 5.41) is 12.3. The predicted molar refractivity (Wildman–Crippen MR) is 72.4 cm³/mol. The van der Waals surface area contributed by atoms with Crippen molar-refractivity contribution in [2.45, 2.75) is 27.7 Å². The minimum Gasteiger partial charge on any atom is -0.495 e. The minimum atomic E-state index is -0.821. The number of hydrogen-bond acceptors (Lipinski definition) is 3. The maximum atomic E-state index is 11.1. The normalized spacial score (nSPS) is 11.2. The first kappa shape index (κ1) is 14.4. The van der Waals surface area contributed by atoms with Crippen LogP contribution < -0.4 is 10.1 Å². The highest BCUT2D eigenvalue weighted by molar-refractivity contribution is 5.75. The third-order valence-corrected chi connectivity index (χ3v) is 2.95. The van der Waals surface area contributed by atoms with Gasteiger partial charge in [0.2, 0.25) is 0 Å². The van der Waals surface area contributed by atoms with Crippen LogP contribution in [0.4, 0.5) is 5.69 Å². The van der Waals surface area contributed by atoms with Gasteiger partial charge in [0.25, 0.3) is 0 Å². The molecule has 0 saturated carbocycles. The molecule has 0 aromatic heterocycles. The molecule has 0 heterocycles. The Balaban J connectivity index is 2.95. The summed E-state index contributed by atoms with van der Waals surface area (Å²) in [6, 6.07) is 3.97. The Hall–Kier alpha value is -1.71. The van der Waals surface area contributed by atoms with E-state index in [0.717, 1.165) is 22.6 Å². The number of benzene rings is 1. The topological polar surface area (TPSA) is 58.6 Å². The molecule has 0 radical (unpaired) electrons. The molecule has 4 heteroatoms. The zero-order valence-corrected chi connectivity index (χ0v) is 11.6. The van der Waals surface area contributed by atoms with Crippen molar-refractivity contribution < 1.29 is 14.6 Å². The fraction of sp³-hybridized carbons (Fsp3) is 0.500. The maximum absolute atomic E-state index is 11.1. The molecule has 0 bridgehead atoms. The number of ether oxygens (including phenoxy) is 1. The highest BCUT2D eigenvalue weighted by Gasteiger charge is 2.27. The quantitative estimate of drug-likeness (QED) is 0.844. The van der Waals surface area contributed by atoms with Gasteiger partial charge in [0.1, 0.15) is 5.75 Å². The van der Waals surface area contributed by atoms with E-state index < -0.39 is 11.4 Å². The Morgan fingerprint density at radius 2 is 2.00 bits per heavy atom. The van der Waals surface area contributed by atoms with Gasteiger partial charge in [-0.25, -0.2) is 0 Å². The van der Waals surface area contributed by atoms with E-state index in [-0.39, 0.29) is 0 Å². The first-order valence-corrected chi connectivity index (χ1v) is 5.90. The molecule has 0 amide bonds. The van der Waals surface area contributed by atoms with E-state index in [1.807, 2.05) is 26.0 Å². The molecule has 18 heavy (non-hydrogen) atoms. The van der Waals surface area contributed by atoms with Crippen LogP contribution in [-0.2, 0) is 4.79 Å². The number of carboxylic acid groups (broad SMARTS) is 1. The average molecular weight is 251 g/mol. The fourth-order valence-corrected chi connectivity index (χ4v) is 1.70. The Morgan fingerprint density at radius 1 is 1.39 bits per heavy atom. The molecule has 100 valence electrons. The van der Waals surface area contributed by atoms with Crippen LogP contribution in [0.1, 0.15) is 25.0 Å². The molecule has 0 atom stereocenters. The number of methoxy groups -OCH3 is 1. The van der Waals surface area contributed by atoms with Gasteiger partial charge in [-0.2, -0.15) is 0 Å². The van der Waals surface area contributed by atoms with Crippen LogP contribution in [0.15, 0.2) is 12.1 Å². The number of nitrogens with one attached hydrogen (secondary N) is 1. The Morgan fingerprint density at radius 3 is 2.50 bits per heavy atom. The first-order valence-electron chi connectivity index (χ1n) is 5.90. The first-order chi connectivity index (χ1) is 8.27. The standard InChI is InChI=1S/C14H21NO3/c1-9-6-10(2)12(11(7-9)18-5)15-8-14(3,4)13(16)17/h6-7,15H,8H2,1-5H3,(H,16,17). The zero-order valence-electron chi connectivity index (χ0n) is 11.6. The van der Waals surface area contributed by atoms with Crippen LogP contribution in [-0.4, -0.2) is 24.7 Å². The molecule has 0 spiro atoms. The Kier molecular flexibility index (Phi) is 4.22. The third kappa shape index (κ3) is 3.15. The lowest BCUT2D eigenvalue weighted by molar-refractivity contribution is -0.146. The van der Waals surface area contributed by atoms with Crippen molar-refractivity contribution in [2.75, 3.05) is 19.0 Å². The summed E-state index contributed by atoms with van der Waals surface area (Å²) < 4.78 is 5.32. The molecule has 0 saturated heterocycles. The summed E-state index contributed by atoms with van der Waals surface area (Å²) in [5.41, 5.74) is 2.21. The smallest absolute Gasteiger partial charge is 0.310 e. The average Bonchev–Trinajstić information content (AvgIpc) is 2.26. The highest BCUT2D eigenvalue weighted by atomic mass is 16.5. The van der Waals surface area contributed by atoms with Gasteiger partial charge < -0.3 is 15.2 Å². The molecule has 1 aromatic carbocycles. The van der Waals surface area contributed by atoms with E-state index in [0.29, 0.717) is 6.54 Å². The number of anilines is 1. The van der Waals surface area contributed by atoms with Crippen LogP contribution >= 0.6 is 0 Å². The van der Waals surface area contributed by atoms with E-state index in [2.05, 4.69) is 5.32 Å². The summed E-state index contributed by atoms with van der Waals surface area (Å²) in [5.74, 6) is -0.0765. The summed E-state index contributed by atoms with van der Waals surface area (Å²) in [6.07, 6.45) is 0. The van der Waals surface area contributed by atoms with Crippen LogP contribution in [0.25, 0.3) is 0 Å². The van der Waals surface area contributed by atoms with Crippen LogP contribution in [0, 0.1) is 19.3 Å². The second kappa shape index (κ2) is 5.29. The Bertz CT molecular complexity index is 453. The zero-order chi connectivity index (χ0) is 13.9. The number of aryl methyl sites for hydroxylation is 2. The van der Waals surface area contributed by atoms with Crippen molar-refractivity contribution in [1.29, 1.82) is 0 Å². The van der Waals surface area contributed by atoms with E-state index in [1.54, 1.807) is 21.0 Å². The fourth-order valence-electron chi connectivity index (χ4n) is 1.70. The van der Waals surface area contributed by atoms with Crippen molar-refractivity contribution in [2.24, 2.45) is 5.41 Å². The number of aliphatic carboxylic acids is 1. The van der Waals surface area contributed by atoms with Gasteiger partial charge in [-0.3, -0.25) is 4.79 Å². The molecule has 0 unspecified atom stereocenters. The lowest BCUT2D eigenvalue weighted by atomic mass is 9.93. The van der Waals surface area contributed by atoms with Gasteiger partial charge in [-0.05, 0) is 44.9 Å². The lowest BCUT2D eigenvalue weighted by Crippen LogP contribution is -2.32. The van der Waals surface area contributed by atoms with Crippen molar-refractivity contribution in [3.63, 3.8) is 0 Å². The maximum Gasteiger partial charge on any atom is 0.310 e. The van der Waals surface area contributed by atoms with Crippen molar-refractivity contribution in [3.8, 4) is 5.75 Å². The largest absolute Gasteiger partial charge is 0.495 e. The van der Waals surface area contributed by atoms with E-state index in [9.17, 15) is 4.79 Å². The highest BCUT2D eigenvalue weighted by Crippen LogP contribution is 2.30. The second-order valence-corrected chi connectivity index (χ2v) is 5.20. The van der Waals surface area contributed by atoms with Crippen molar-refractivity contribution in [1.82, 2.24) is 0 Å². The summed E-state index contributed by atoms with van der Waals surface area (Å²) in [4.78, 5) is 11.1. The molecule has 0 aliphatic rings. The summed E-state index contributed by atoms with van der Waals surface area (Å²) >= 11 is 0. The number of carbonyl (C=O) groups is 1. The van der Waals surface area contributed by atoms with Gasteiger partial charge in [-0.15, -0.1) is 0 Å². The summed E-state index contributed by atoms with van der Waals surface area (Å²) in [7, 11) is 1.61. The molecule has 0 aliphatic heterocycles. The molecular formula is C14H21NO3. The van der Waals surface area contributed by atoms with Gasteiger partial charge in [0, 0.05) is 6.54 Å². The molecule has 4 nitrogen and oxygen atoms in total. The van der Waals surface area contributed by atoms with Crippen LogP contribution in [0.2, 0.25) is 0 Å². The van der Waals surface area contributed by atoms with E-state index in [1.165, 1.54) is 0 Å². The molecule has 0 fully saturated rings. The van der Waals surface area contributed by atoms with Gasteiger partial charge in [0.05, 0.1) is 18.2 Å². The SMILES string of the molecule is COc1cc(C)cc(C)c1NCC(C)(C)C(=O)O. The van der Waals surface area contributed by atoms with Gasteiger partial charge >= 0.3 is 5.97 Å². The minimum absolute atomic E-state index is 0.350. The van der Waals surface area contributed by atoms with Crippen LogP contribution in [0.3, 0.4) is 0 Å². The monoisotopic (exact) mass is 251 g/mol. The molecule has 1 aromatic rings. The molecule has 0 aliphatic carbocycles. The number of carboxylic acids is 1. The number of rotatable bonds is 5. The van der Waals surface area contributed by atoms with E-state index in [4.69, 9.17) is 9.84 Å². The number of hydrogen-bond donors (Lipinski definition) is 2. The van der Waals surface area contributed by atoms with Crippen molar-refractivity contribution in [3.05, 3.63) is 23.3 Å². The lowest BCUT2D eigenvalue weighted by Gasteiger charge is -2.22.